The standard InChI is InChI=1S/C16H27N7O/c1-4-23-10-18-9-13(23)8-17-7-12-5-11(6-14(12)24)15-19-16(21-20-15)22(2)3/h9-12,14,17,24H,4-8H2,1-3H3,(H,19,20,21)/t11-,12+,14+/m0/s1. The molecular weight excluding hydrogens is 306 g/mol. The second-order valence-electron chi connectivity index (χ2n) is 6.71. The summed E-state index contributed by atoms with van der Waals surface area (Å²) in [6.45, 7) is 4.59. The highest BCUT2D eigenvalue weighted by Gasteiger charge is 2.35. The van der Waals surface area contributed by atoms with Gasteiger partial charge in [-0.2, -0.15) is 4.98 Å². The van der Waals surface area contributed by atoms with Gasteiger partial charge in [-0.25, -0.2) is 4.98 Å². The van der Waals surface area contributed by atoms with Crippen LogP contribution in [0.4, 0.5) is 5.95 Å². The molecule has 132 valence electrons. The maximum Gasteiger partial charge on any atom is 0.244 e. The minimum atomic E-state index is -0.300. The van der Waals surface area contributed by atoms with E-state index in [2.05, 4.69) is 37.0 Å². The molecule has 0 unspecified atom stereocenters. The SMILES string of the molecule is CCn1cncc1CNC[C@H]1C[C@H](c2nc(N(C)C)n[nH]2)C[C@H]1O. The monoisotopic (exact) mass is 333 g/mol. The summed E-state index contributed by atoms with van der Waals surface area (Å²) >= 11 is 0. The Bertz CT molecular complexity index is 650. The highest BCUT2D eigenvalue weighted by molar-refractivity contribution is 5.26. The van der Waals surface area contributed by atoms with Gasteiger partial charge in [-0.3, -0.25) is 5.10 Å². The molecule has 0 bridgehead atoms. The number of nitrogens with zero attached hydrogens (tertiary/aromatic N) is 5. The van der Waals surface area contributed by atoms with Crippen LogP contribution >= 0.6 is 0 Å². The Morgan fingerprint density at radius 2 is 2.25 bits per heavy atom. The summed E-state index contributed by atoms with van der Waals surface area (Å²) in [6, 6.07) is 0. The van der Waals surface area contributed by atoms with Crippen molar-refractivity contribution < 1.29 is 5.11 Å². The van der Waals surface area contributed by atoms with E-state index in [9.17, 15) is 5.11 Å². The number of anilines is 1. The van der Waals surface area contributed by atoms with Crippen LogP contribution in [-0.2, 0) is 13.1 Å². The van der Waals surface area contributed by atoms with Crippen molar-refractivity contribution in [2.75, 3.05) is 25.5 Å². The molecule has 1 saturated carbocycles. The first-order valence-electron chi connectivity index (χ1n) is 8.55. The van der Waals surface area contributed by atoms with E-state index in [0.29, 0.717) is 5.95 Å². The van der Waals surface area contributed by atoms with Crippen molar-refractivity contribution >= 4 is 5.95 Å². The Morgan fingerprint density at radius 3 is 2.96 bits per heavy atom. The van der Waals surface area contributed by atoms with E-state index in [1.807, 2.05) is 31.5 Å². The summed E-state index contributed by atoms with van der Waals surface area (Å²) in [7, 11) is 3.84. The van der Waals surface area contributed by atoms with Gasteiger partial charge in [-0.15, -0.1) is 5.10 Å². The number of hydrogen-bond acceptors (Lipinski definition) is 6. The molecule has 0 aliphatic heterocycles. The molecule has 0 amide bonds. The van der Waals surface area contributed by atoms with Gasteiger partial charge >= 0.3 is 0 Å². The zero-order valence-electron chi connectivity index (χ0n) is 14.6. The highest BCUT2D eigenvalue weighted by Crippen LogP contribution is 2.37. The molecule has 2 aromatic rings. The second kappa shape index (κ2) is 7.31. The Kier molecular flexibility index (Phi) is 5.15. The molecule has 8 heteroatoms. The van der Waals surface area contributed by atoms with Gasteiger partial charge in [0.05, 0.1) is 18.1 Å². The van der Waals surface area contributed by atoms with Gasteiger partial charge in [0, 0.05) is 45.8 Å². The third-order valence-electron chi connectivity index (χ3n) is 4.79. The predicted octanol–water partition coefficient (Wildman–Crippen LogP) is 0.731. The average molecular weight is 333 g/mol. The van der Waals surface area contributed by atoms with Crippen LogP contribution < -0.4 is 10.2 Å². The van der Waals surface area contributed by atoms with E-state index in [0.717, 1.165) is 38.3 Å². The normalized spacial score (nSPS) is 23.8. The van der Waals surface area contributed by atoms with Crippen LogP contribution in [0, 0.1) is 5.92 Å². The largest absolute Gasteiger partial charge is 0.393 e. The number of aliphatic hydroxyl groups excluding tert-OH is 1. The van der Waals surface area contributed by atoms with Gasteiger partial charge in [0.2, 0.25) is 5.95 Å². The van der Waals surface area contributed by atoms with Crippen LogP contribution in [0.5, 0.6) is 0 Å². The van der Waals surface area contributed by atoms with Gasteiger partial charge in [0.1, 0.15) is 5.82 Å². The Labute approximate surface area is 142 Å². The van der Waals surface area contributed by atoms with E-state index in [1.165, 1.54) is 5.69 Å². The molecule has 0 aromatic carbocycles. The number of rotatable bonds is 7. The maximum absolute atomic E-state index is 10.4. The lowest BCUT2D eigenvalue weighted by molar-refractivity contribution is 0.131. The smallest absolute Gasteiger partial charge is 0.244 e. The van der Waals surface area contributed by atoms with Crippen LogP contribution in [0.3, 0.4) is 0 Å². The van der Waals surface area contributed by atoms with Crippen LogP contribution in [0.25, 0.3) is 0 Å². The molecule has 24 heavy (non-hydrogen) atoms. The van der Waals surface area contributed by atoms with Crippen molar-refractivity contribution in [1.82, 2.24) is 30.0 Å². The molecule has 3 N–H and O–H groups in total. The minimum absolute atomic E-state index is 0.237. The topological polar surface area (TPSA) is 94.9 Å². The third-order valence-corrected chi connectivity index (χ3v) is 4.79. The summed E-state index contributed by atoms with van der Waals surface area (Å²) in [5, 5.41) is 21.0. The number of aromatic amines is 1. The first-order chi connectivity index (χ1) is 11.6. The fourth-order valence-corrected chi connectivity index (χ4v) is 3.36. The Balaban J connectivity index is 1.52. The molecule has 2 aromatic heterocycles. The zero-order valence-corrected chi connectivity index (χ0v) is 14.6. The lowest BCUT2D eigenvalue weighted by Crippen LogP contribution is -2.28. The van der Waals surface area contributed by atoms with Crippen LogP contribution in [-0.4, -0.2) is 56.6 Å². The first kappa shape index (κ1) is 16.9. The fourth-order valence-electron chi connectivity index (χ4n) is 3.36. The number of aryl methyl sites for hydroxylation is 1. The number of nitrogens with one attached hydrogen (secondary N) is 2. The average Bonchev–Trinajstić information content (AvgIpc) is 3.27. The highest BCUT2D eigenvalue weighted by atomic mass is 16.3. The summed E-state index contributed by atoms with van der Waals surface area (Å²) in [5.41, 5.74) is 1.17. The minimum Gasteiger partial charge on any atom is -0.393 e. The summed E-state index contributed by atoms with van der Waals surface area (Å²) in [5.74, 6) is 2.05. The first-order valence-corrected chi connectivity index (χ1v) is 8.55. The maximum atomic E-state index is 10.4. The molecule has 8 nitrogen and oxygen atoms in total. The van der Waals surface area contributed by atoms with E-state index in [1.54, 1.807) is 0 Å². The summed E-state index contributed by atoms with van der Waals surface area (Å²) in [4.78, 5) is 10.6. The van der Waals surface area contributed by atoms with Crippen molar-refractivity contribution in [2.24, 2.45) is 5.92 Å². The van der Waals surface area contributed by atoms with E-state index < -0.39 is 0 Å². The van der Waals surface area contributed by atoms with Crippen molar-refractivity contribution in [2.45, 2.75) is 44.9 Å². The fraction of sp³-hybridized carbons (Fsp3) is 0.688. The number of aliphatic hydroxyl groups is 1. The van der Waals surface area contributed by atoms with Crippen molar-refractivity contribution in [1.29, 1.82) is 0 Å². The lowest BCUT2D eigenvalue weighted by Gasteiger charge is -2.15. The molecule has 1 aliphatic rings. The molecule has 3 rings (SSSR count). The number of aromatic nitrogens is 5. The Morgan fingerprint density at radius 1 is 1.42 bits per heavy atom. The van der Waals surface area contributed by atoms with E-state index in [-0.39, 0.29) is 17.9 Å². The molecule has 0 spiro atoms. The summed E-state index contributed by atoms with van der Waals surface area (Å²) in [6.07, 6.45) is 5.10. The van der Waals surface area contributed by atoms with Gasteiger partial charge in [-0.1, -0.05) is 0 Å². The molecule has 1 fully saturated rings. The van der Waals surface area contributed by atoms with Crippen molar-refractivity contribution in [3.05, 3.63) is 24.0 Å². The molecular formula is C16H27N7O. The number of imidazole rings is 1. The number of H-pyrrole nitrogens is 1. The van der Waals surface area contributed by atoms with Gasteiger partial charge in [-0.05, 0) is 25.7 Å². The van der Waals surface area contributed by atoms with Crippen molar-refractivity contribution in [3.63, 3.8) is 0 Å². The van der Waals surface area contributed by atoms with E-state index >= 15 is 0 Å². The van der Waals surface area contributed by atoms with Crippen LogP contribution in [0.1, 0.15) is 37.2 Å². The number of hydrogen-bond donors (Lipinski definition) is 3. The van der Waals surface area contributed by atoms with Gasteiger partial charge < -0.3 is 19.9 Å². The molecule has 0 radical (unpaired) electrons. The second-order valence-corrected chi connectivity index (χ2v) is 6.71. The van der Waals surface area contributed by atoms with Crippen LogP contribution in [0.2, 0.25) is 0 Å². The predicted molar refractivity (Wildman–Crippen MR) is 91.8 cm³/mol. The van der Waals surface area contributed by atoms with Crippen LogP contribution in [0.15, 0.2) is 12.5 Å². The molecule has 1 aliphatic carbocycles. The quantitative estimate of drug-likeness (QED) is 0.691. The third kappa shape index (κ3) is 3.59. The molecule has 3 atom stereocenters. The van der Waals surface area contributed by atoms with E-state index in [4.69, 9.17) is 0 Å². The Hall–Kier alpha value is -1.93. The van der Waals surface area contributed by atoms with Gasteiger partial charge in [0.15, 0.2) is 0 Å². The molecule has 2 heterocycles. The molecule has 0 saturated heterocycles. The zero-order chi connectivity index (χ0) is 17.1. The van der Waals surface area contributed by atoms with Gasteiger partial charge in [0.25, 0.3) is 0 Å². The van der Waals surface area contributed by atoms with Crippen molar-refractivity contribution in [3.8, 4) is 0 Å². The summed E-state index contributed by atoms with van der Waals surface area (Å²) < 4.78 is 2.12. The lowest BCUT2D eigenvalue weighted by atomic mass is 10.0.